The molecule has 3 heterocycles. The number of amides is 1. The lowest BCUT2D eigenvalue weighted by Crippen LogP contribution is -2.35. The highest BCUT2D eigenvalue weighted by molar-refractivity contribution is 7.14. The van der Waals surface area contributed by atoms with Gasteiger partial charge in [0.15, 0.2) is 0 Å². The Morgan fingerprint density at radius 2 is 1.90 bits per heavy atom. The van der Waals surface area contributed by atoms with E-state index in [0.29, 0.717) is 10.6 Å². The summed E-state index contributed by atoms with van der Waals surface area (Å²) in [6.45, 7) is 1.81. The second kappa shape index (κ2) is 8.38. The van der Waals surface area contributed by atoms with E-state index < -0.39 is 0 Å². The number of aliphatic hydroxyl groups is 1. The second-order valence-electron chi connectivity index (χ2n) is 8.62. The van der Waals surface area contributed by atoms with Gasteiger partial charge in [-0.3, -0.25) is 9.78 Å². The van der Waals surface area contributed by atoms with Crippen molar-refractivity contribution in [3.8, 4) is 21.6 Å². The molecule has 2 aromatic heterocycles. The highest BCUT2D eigenvalue weighted by atomic mass is 35.5. The predicted molar refractivity (Wildman–Crippen MR) is 126 cm³/mol. The normalized spacial score (nSPS) is 17.5. The molecule has 0 atom stereocenters. The molecule has 160 valence electrons. The maximum Gasteiger partial charge on any atom is 0.253 e. The first-order valence-corrected chi connectivity index (χ1v) is 12.1. The van der Waals surface area contributed by atoms with Gasteiger partial charge in [-0.1, -0.05) is 17.7 Å². The zero-order chi connectivity index (χ0) is 21.4. The number of piperidine rings is 1. The van der Waals surface area contributed by atoms with Gasteiger partial charge in [0.2, 0.25) is 0 Å². The van der Waals surface area contributed by atoms with E-state index >= 15 is 0 Å². The summed E-state index contributed by atoms with van der Waals surface area (Å²) in [6, 6.07) is 11.9. The van der Waals surface area contributed by atoms with Crippen LogP contribution in [0.15, 0.2) is 48.0 Å². The number of hydrogen-bond donors (Lipinski definition) is 1. The number of nitrogens with zero attached hydrogens (tertiary/aromatic N) is 2. The number of carbonyl (C=O) groups is 1. The summed E-state index contributed by atoms with van der Waals surface area (Å²) in [4.78, 5) is 20.3. The van der Waals surface area contributed by atoms with E-state index in [1.165, 1.54) is 6.42 Å². The predicted octanol–water partition coefficient (Wildman–Crippen LogP) is 5.78. The molecular formula is C25H25ClN2O2S. The molecule has 1 N–H and O–H groups in total. The van der Waals surface area contributed by atoms with Crippen molar-refractivity contribution in [2.24, 2.45) is 0 Å². The van der Waals surface area contributed by atoms with Gasteiger partial charge >= 0.3 is 0 Å². The molecule has 0 unspecified atom stereocenters. The zero-order valence-corrected chi connectivity index (χ0v) is 18.9. The first-order chi connectivity index (χ1) is 15.1. The SMILES string of the molecule is O=C(c1ccc(-c2cc(-c3ccnc(C4(CO)CC4)c3)cs2)c(Cl)c1)N1CCCCC1. The first-order valence-electron chi connectivity index (χ1n) is 10.9. The Morgan fingerprint density at radius 1 is 1.10 bits per heavy atom. The van der Waals surface area contributed by atoms with Crippen LogP contribution in [0.5, 0.6) is 0 Å². The van der Waals surface area contributed by atoms with Crippen molar-refractivity contribution in [2.45, 2.75) is 37.5 Å². The van der Waals surface area contributed by atoms with E-state index in [2.05, 4.69) is 22.5 Å². The van der Waals surface area contributed by atoms with Crippen LogP contribution in [-0.4, -0.2) is 40.6 Å². The molecule has 0 bridgehead atoms. The van der Waals surface area contributed by atoms with E-state index in [1.807, 2.05) is 29.3 Å². The lowest BCUT2D eigenvalue weighted by molar-refractivity contribution is 0.0724. The Labute approximate surface area is 191 Å². The molecular weight excluding hydrogens is 428 g/mol. The number of carbonyl (C=O) groups excluding carboxylic acids is 1. The monoisotopic (exact) mass is 452 g/mol. The van der Waals surface area contributed by atoms with Gasteiger partial charge in [-0.15, -0.1) is 11.3 Å². The molecule has 31 heavy (non-hydrogen) atoms. The fraction of sp³-hybridized carbons (Fsp3) is 0.360. The quantitative estimate of drug-likeness (QED) is 0.533. The fourth-order valence-electron chi connectivity index (χ4n) is 4.30. The first kappa shape index (κ1) is 20.7. The van der Waals surface area contributed by atoms with Crippen LogP contribution in [0.1, 0.15) is 48.2 Å². The Bertz CT molecular complexity index is 1120. The van der Waals surface area contributed by atoms with Crippen molar-refractivity contribution in [1.29, 1.82) is 0 Å². The second-order valence-corrected chi connectivity index (χ2v) is 9.93. The maximum atomic E-state index is 12.8. The minimum absolute atomic E-state index is 0.0715. The number of aliphatic hydroxyl groups excluding tert-OH is 1. The summed E-state index contributed by atoms with van der Waals surface area (Å²) in [5.74, 6) is 0.0715. The Morgan fingerprint density at radius 3 is 2.61 bits per heavy atom. The van der Waals surface area contributed by atoms with E-state index in [4.69, 9.17) is 11.6 Å². The minimum Gasteiger partial charge on any atom is -0.395 e. The van der Waals surface area contributed by atoms with Crippen molar-refractivity contribution >= 4 is 28.8 Å². The number of aromatic nitrogens is 1. The van der Waals surface area contributed by atoms with E-state index in [9.17, 15) is 9.90 Å². The van der Waals surface area contributed by atoms with Crippen LogP contribution in [0, 0.1) is 0 Å². The largest absolute Gasteiger partial charge is 0.395 e. The Balaban J connectivity index is 1.39. The fourth-order valence-corrected chi connectivity index (χ4v) is 5.60. The Hall–Kier alpha value is -2.21. The van der Waals surface area contributed by atoms with E-state index in [-0.39, 0.29) is 17.9 Å². The summed E-state index contributed by atoms with van der Waals surface area (Å²) in [5, 5.41) is 12.4. The van der Waals surface area contributed by atoms with Crippen molar-refractivity contribution in [3.05, 3.63) is 64.3 Å². The van der Waals surface area contributed by atoms with E-state index in [1.54, 1.807) is 17.4 Å². The van der Waals surface area contributed by atoms with Gasteiger partial charge in [-0.2, -0.15) is 0 Å². The topological polar surface area (TPSA) is 53.4 Å². The number of likely N-dealkylation sites (tertiary alicyclic amines) is 1. The molecule has 1 aromatic carbocycles. The molecule has 1 saturated heterocycles. The molecule has 0 radical (unpaired) electrons. The van der Waals surface area contributed by atoms with Crippen molar-refractivity contribution in [1.82, 2.24) is 9.88 Å². The number of halogens is 1. The van der Waals surface area contributed by atoms with Crippen LogP contribution in [0.2, 0.25) is 5.02 Å². The summed E-state index contributed by atoms with van der Waals surface area (Å²) in [7, 11) is 0. The number of rotatable bonds is 5. The molecule has 1 amide bonds. The number of pyridine rings is 1. The van der Waals surface area contributed by atoms with Gasteiger partial charge in [0.25, 0.3) is 5.91 Å². The third kappa shape index (κ3) is 4.02. The molecule has 0 spiro atoms. The molecule has 5 rings (SSSR count). The minimum atomic E-state index is -0.144. The highest BCUT2D eigenvalue weighted by Gasteiger charge is 2.45. The van der Waals surface area contributed by atoms with Crippen LogP contribution >= 0.6 is 22.9 Å². The number of benzene rings is 1. The molecule has 2 aliphatic rings. The van der Waals surface area contributed by atoms with Crippen LogP contribution in [0.4, 0.5) is 0 Å². The molecule has 1 aliphatic heterocycles. The standard InChI is InChI=1S/C25H25ClN2O2S/c26-21-12-18(24(30)28-10-2-1-3-11-28)4-5-20(21)22-13-19(15-31-22)17-6-9-27-23(14-17)25(16-29)7-8-25/h4-6,9,12-15,29H,1-3,7-8,10-11,16H2. The van der Waals surface area contributed by atoms with Gasteiger partial charge in [0.05, 0.1) is 11.6 Å². The van der Waals surface area contributed by atoms with Crippen LogP contribution < -0.4 is 0 Å². The third-order valence-electron chi connectivity index (χ3n) is 6.52. The zero-order valence-electron chi connectivity index (χ0n) is 17.3. The molecule has 1 saturated carbocycles. The van der Waals surface area contributed by atoms with Crippen molar-refractivity contribution in [2.75, 3.05) is 19.7 Å². The van der Waals surface area contributed by atoms with Gasteiger partial charge < -0.3 is 10.0 Å². The van der Waals surface area contributed by atoms with Gasteiger partial charge in [0.1, 0.15) is 0 Å². The van der Waals surface area contributed by atoms with E-state index in [0.717, 1.165) is 66.0 Å². The molecule has 4 nitrogen and oxygen atoms in total. The highest BCUT2D eigenvalue weighted by Crippen LogP contribution is 2.47. The summed E-state index contributed by atoms with van der Waals surface area (Å²) in [6.07, 6.45) is 7.16. The van der Waals surface area contributed by atoms with Gasteiger partial charge in [0, 0.05) is 46.4 Å². The summed E-state index contributed by atoms with van der Waals surface area (Å²) < 4.78 is 0. The Kier molecular flexibility index (Phi) is 5.59. The average molecular weight is 453 g/mol. The molecule has 2 fully saturated rings. The van der Waals surface area contributed by atoms with Crippen molar-refractivity contribution in [3.63, 3.8) is 0 Å². The van der Waals surface area contributed by atoms with Crippen LogP contribution in [0.25, 0.3) is 21.6 Å². The molecule has 6 heteroatoms. The smallest absolute Gasteiger partial charge is 0.253 e. The molecule has 3 aromatic rings. The third-order valence-corrected chi connectivity index (χ3v) is 7.79. The average Bonchev–Trinajstić information content (AvgIpc) is 3.48. The van der Waals surface area contributed by atoms with Gasteiger partial charge in [-0.05, 0) is 78.9 Å². The molecule has 1 aliphatic carbocycles. The summed E-state index contributed by atoms with van der Waals surface area (Å²) in [5.41, 5.74) is 4.64. The summed E-state index contributed by atoms with van der Waals surface area (Å²) >= 11 is 8.25. The van der Waals surface area contributed by atoms with Crippen LogP contribution in [-0.2, 0) is 5.41 Å². The maximum absolute atomic E-state index is 12.8. The number of hydrogen-bond acceptors (Lipinski definition) is 4. The van der Waals surface area contributed by atoms with Gasteiger partial charge in [-0.25, -0.2) is 0 Å². The van der Waals surface area contributed by atoms with Crippen LogP contribution in [0.3, 0.4) is 0 Å². The number of thiophene rings is 1. The lowest BCUT2D eigenvalue weighted by Gasteiger charge is -2.26. The lowest BCUT2D eigenvalue weighted by atomic mass is 9.99. The van der Waals surface area contributed by atoms with Crippen molar-refractivity contribution < 1.29 is 9.90 Å².